The average molecular weight is 265 g/mol. The highest BCUT2D eigenvalue weighted by molar-refractivity contribution is 5.72. The van der Waals surface area contributed by atoms with Crippen LogP contribution in [-0.2, 0) is 0 Å². The highest BCUT2D eigenvalue weighted by Crippen LogP contribution is 2.28. The first-order chi connectivity index (χ1) is 9.77. The fourth-order valence-electron chi connectivity index (χ4n) is 2.22. The molecular formula is C15H15N5. The van der Waals surface area contributed by atoms with Gasteiger partial charge in [0.15, 0.2) is 0 Å². The Morgan fingerprint density at radius 3 is 2.65 bits per heavy atom. The highest BCUT2D eigenvalue weighted by atomic mass is 15.1. The summed E-state index contributed by atoms with van der Waals surface area (Å²) in [6.45, 7) is 2.11. The van der Waals surface area contributed by atoms with Crippen molar-refractivity contribution in [3.05, 3.63) is 61.1 Å². The molecule has 0 aromatic carbocycles. The van der Waals surface area contributed by atoms with Gasteiger partial charge in [-0.15, -0.1) is 0 Å². The maximum atomic E-state index is 6.03. The summed E-state index contributed by atoms with van der Waals surface area (Å²) in [6, 6.07) is 5.90. The Morgan fingerprint density at radius 1 is 1.05 bits per heavy atom. The van der Waals surface area contributed by atoms with Gasteiger partial charge in [0.2, 0.25) is 0 Å². The van der Waals surface area contributed by atoms with Crippen molar-refractivity contribution in [1.29, 1.82) is 0 Å². The van der Waals surface area contributed by atoms with Gasteiger partial charge in [-0.3, -0.25) is 9.97 Å². The molecule has 100 valence electrons. The summed E-state index contributed by atoms with van der Waals surface area (Å²) in [5, 5.41) is 0. The molecule has 3 aromatic heterocycles. The van der Waals surface area contributed by atoms with Crippen LogP contribution in [0, 0.1) is 0 Å². The Labute approximate surface area is 117 Å². The molecule has 5 heteroatoms. The zero-order chi connectivity index (χ0) is 13.9. The molecule has 0 spiro atoms. The Kier molecular flexibility index (Phi) is 3.16. The van der Waals surface area contributed by atoms with E-state index in [0.29, 0.717) is 5.69 Å². The second kappa shape index (κ2) is 5.13. The number of nitrogens with two attached hydrogens (primary N) is 1. The molecule has 1 unspecified atom stereocenters. The van der Waals surface area contributed by atoms with E-state index in [9.17, 15) is 0 Å². The third kappa shape index (κ3) is 2.14. The number of aromatic nitrogens is 4. The molecule has 0 saturated heterocycles. The fourth-order valence-corrected chi connectivity index (χ4v) is 2.22. The SMILES string of the molecule is CC(c1cccnc1)n1cncc1-c1cnccc1N. The number of pyridine rings is 2. The van der Waals surface area contributed by atoms with Crippen LogP contribution in [0.15, 0.2) is 55.5 Å². The van der Waals surface area contributed by atoms with Crippen LogP contribution >= 0.6 is 0 Å². The van der Waals surface area contributed by atoms with Crippen molar-refractivity contribution in [2.45, 2.75) is 13.0 Å². The monoisotopic (exact) mass is 265 g/mol. The van der Waals surface area contributed by atoms with Crippen LogP contribution in [-0.4, -0.2) is 19.5 Å². The molecule has 0 radical (unpaired) electrons. The van der Waals surface area contributed by atoms with Crippen LogP contribution in [0.4, 0.5) is 5.69 Å². The number of nitrogen functional groups attached to an aromatic ring is 1. The Balaban J connectivity index is 2.05. The first kappa shape index (κ1) is 12.3. The molecule has 0 aliphatic rings. The van der Waals surface area contributed by atoms with Gasteiger partial charge < -0.3 is 10.3 Å². The lowest BCUT2D eigenvalue weighted by Gasteiger charge is -2.17. The van der Waals surface area contributed by atoms with E-state index in [4.69, 9.17) is 5.73 Å². The summed E-state index contributed by atoms with van der Waals surface area (Å²) in [5.74, 6) is 0. The van der Waals surface area contributed by atoms with Crippen molar-refractivity contribution >= 4 is 5.69 Å². The topological polar surface area (TPSA) is 69.6 Å². The molecule has 0 aliphatic heterocycles. The van der Waals surface area contributed by atoms with Crippen molar-refractivity contribution in [2.24, 2.45) is 0 Å². The van der Waals surface area contributed by atoms with Crippen LogP contribution in [0.1, 0.15) is 18.5 Å². The molecule has 0 amide bonds. The van der Waals surface area contributed by atoms with E-state index in [2.05, 4.69) is 26.4 Å². The molecule has 0 saturated carbocycles. The molecule has 2 N–H and O–H groups in total. The lowest BCUT2D eigenvalue weighted by molar-refractivity contribution is 0.642. The third-order valence-corrected chi connectivity index (χ3v) is 3.38. The lowest BCUT2D eigenvalue weighted by Crippen LogP contribution is -2.08. The Morgan fingerprint density at radius 2 is 1.90 bits per heavy atom. The van der Waals surface area contributed by atoms with Gasteiger partial charge in [0.1, 0.15) is 0 Å². The second-order valence-electron chi connectivity index (χ2n) is 4.61. The van der Waals surface area contributed by atoms with E-state index in [-0.39, 0.29) is 6.04 Å². The molecule has 3 aromatic rings. The minimum Gasteiger partial charge on any atom is -0.398 e. The van der Waals surface area contributed by atoms with Gasteiger partial charge >= 0.3 is 0 Å². The zero-order valence-electron chi connectivity index (χ0n) is 11.1. The zero-order valence-corrected chi connectivity index (χ0v) is 11.1. The molecule has 5 nitrogen and oxygen atoms in total. The van der Waals surface area contributed by atoms with E-state index >= 15 is 0 Å². The largest absolute Gasteiger partial charge is 0.398 e. The smallest absolute Gasteiger partial charge is 0.0956 e. The number of hydrogen-bond donors (Lipinski definition) is 1. The van der Waals surface area contributed by atoms with Gasteiger partial charge in [0.25, 0.3) is 0 Å². The van der Waals surface area contributed by atoms with Crippen LogP contribution in [0.5, 0.6) is 0 Å². The molecule has 1 atom stereocenters. The van der Waals surface area contributed by atoms with Gasteiger partial charge in [-0.25, -0.2) is 4.98 Å². The van der Waals surface area contributed by atoms with E-state index in [1.54, 1.807) is 37.2 Å². The predicted molar refractivity (Wildman–Crippen MR) is 77.9 cm³/mol. The molecule has 3 heterocycles. The number of rotatable bonds is 3. The molecule has 20 heavy (non-hydrogen) atoms. The van der Waals surface area contributed by atoms with Gasteiger partial charge in [-0.2, -0.15) is 0 Å². The van der Waals surface area contributed by atoms with E-state index in [1.807, 2.05) is 18.3 Å². The third-order valence-electron chi connectivity index (χ3n) is 3.38. The maximum Gasteiger partial charge on any atom is 0.0956 e. The normalized spacial score (nSPS) is 12.2. The highest BCUT2D eigenvalue weighted by Gasteiger charge is 2.14. The van der Waals surface area contributed by atoms with Crippen LogP contribution < -0.4 is 5.73 Å². The maximum absolute atomic E-state index is 6.03. The first-order valence-electron chi connectivity index (χ1n) is 6.39. The number of imidazole rings is 1. The summed E-state index contributed by atoms with van der Waals surface area (Å²) in [6.07, 6.45) is 10.7. The second-order valence-corrected chi connectivity index (χ2v) is 4.61. The van der Waals surface area contributed by atoms with Crippen LogP contribution in [0.25, 0.3) is 11.3 Å². The number of anilines is 1. The van der Waals surface area contributed by atoms with E-state index in [1.165, 1.54) is 0 Å². The summed E-state index contributed by atoms with van der Waals surface area (Å²) in [7, 11) is 0. The van der Waals surface area contributed by atoms with Gasteiger partial charge in [-0.1, -0.05) is 6.07 Å². The summed E-state index contributed by atoms with van der Waals surface area (Å²) < 4.78 is 2.07. The van der Waals surface area contributed by atoms with Crippen molar-refractivity contribution in [1.82, 2.24) is 19.5 Å². The molecule has 0 bridgehead atoms. The summed E-state index contributed by atoms with van der Waals surface area (Å²) in [5.41, 5.74) is 9.68. The van der Waals surface area contributed by atoms with Crippen LogP contribution in [0.2, 0.25) is 0 Å². The number of nitrogens with zero attached hydrogens (tertiary/aromatic N) is 4. The average Bonchev–Trinajstić information content (AvgIpc) is 2.97. The molecule has 0 aliphatic carbocycles. The van der Waals surface area contributed by atoms with Crippen molar-refractivity contribution in [2.75, 3.05) is 5.73 Å². The quantitative estimate of drug-likeness (QED) is 0.790. The first-order valence-corrected chi connectivity index (χ1v) is 6.39. The van der Waals surface area contributed by atoms with Gasteiger partial charge in [-0.05, 0) is 24.6 Å². The molecular weight excluding hydrogens is 250 g/mol. The van der Waals surface area contributed by atoms with E-state index < -0.39 is 0 Å². The standard InChI is InChI=1S/C15H15N5/c1-11(12-3-2-5-17-7-12)20-10-19-9-15(20)13-8-18-6-4-14(13)16/h2-11H,1H3,(H2,16,18). The Bertz CT molecular complexity index is 705. The fraction of sp³-hybridized carbons (Fsp3) is 0.133. The minimum atomic E-state index is 0.126. The van der Waals surface area contributed by atoms with Crippen molar-refractivity contribution in [3.63, 3.8) is 0 Å². The van der Waals surface area contributed by atoms with Crippen molar-refractivity contribution < 1.29 is 0 Å². The van der Waals surface area contributed by atoms with Crippen molar-refractivity contribution in [3.8, 4) is 11.3 Å². The molecule has 3 rings (SSSR count). The van der Waals surface area contributed by atoms with Gasteiger partial charge in [0, 0.05) is 36.0 Å². The van der Waals surface area contributed by atoms with Crippen LogP contribution in [0.3, 0.4) is 0 Å². The summed E-state index contributed by atoms with van der Waals surface area (Å²) in [4.78, 5) is 12.6. The predicted octanol–water partition coefficient (Wildman–Crippen LogP) is 2.53. The van der Waals surface area contributed by atoms with Gasteiger partial charge in [0.05, 0.1) is 24.3 Å². The summed E-state index contributed by atoms with van der Waals surface area (Å²) >= 11 is 0. The minimum absolute atomic E-state index is 0.126. The van der Waals surface area contributed by atoms with E-state index in [0.717, 1.165) is 16.8 Å². The lowest BCUT2D eigenvalue weighted by atomic mass is 10.1. The molecule has 0 fully saturated rings. The number of hydrogen-bond acceptors (Lipinski definition) is 4. The Hall–Kier alpha value is -2.69.